The van der Waals surface area contributed by atoms with Crippen LogP contribution >= 0.6 is 0 Å². The maximum Gasteiger partial charge on any atom is 0.194 e. The van der Waals surface area contributed by atoms with Crippen molar-refractivity contribution in [2.45, 2.75) is 6.42 Å². The van der Waals surface area contributed by atoms with Crippen LogP contribution in [0.3, 0.4) is 0 Å². The first-order valence-corrected chi connectivity index (χ1v) is 4.58. The third-order valence-corrected chi connectivity index (χ3v) is 2.19. The molecule has 0 spiro atoms. The van der Waals surface area contributed by atoms with Gasteiger partial charge in [0.15, 0.2) is 5.96 Å². The topological polar surface area (TPSA) is 36.9 Å². The Bertz CT molecular complexity index is 175. The quantitative estimate of drug-likeness (QED) is 0.539. The number of hydrogen-bond donors (Lipinski definition) is 1. The standard InChI is InChI=1S/C8H15N3O/c1-2-9-8(10-3-1)11-4-6-12-7-5-11/h1-7H2,(H,9,10). The molecule has 0 bridgehead atoms. The second-order valence-electron chi connectivity index (χ2n) is 3.09. The molecule has 1 saturated heterocycles. The van der Waals surface area contributed by atoms with E-state index in [0.717, 1.165) is 51.8 Å². The zero-order valence-electron chi connectivity index (χ0n) is 7.25. The summed E-state index contributed by atoms with van der Waals surface area (Å²) in [5.41, 5.74) is 0. The Morgan fingerprint density at radius 1 is 1.33 bits per heavy atom. The molecule has 12 heavy (non-hydrogen) atoms. The van der Waals surface area contributed by atoms with Crippen LogP contribution in [-0.2, 0) is 4.74 Å². The molecule has 68 valence electrons. The third-order valence-electron chi connectivity index (χ3n) is 2.19. The molecule has 0 unspecified atom stereocenters. The summed E-state index contributed by atoms with van der Waals surface area (Å²) in [5.74, 6) is 1.07. The highest BCUT2D eigenvalue weighted by atomic mass is 16.5. The number of nitrogens with one attached hydrogen (secondary N) is 1. The molecule has 2 heterocycles. The average molecular weight is 169 g/mol. The summed E-state index contributed by atoms with van der Waals surface area (Å²) >= 11 is 0. The number of hydrogen-bond acceptors (Lipinski definition) is 4. The molecule has 1 fully saturated rings. The van der Waals surface area contributed by atoms with Crippen LogP contribution in [0, 0.1) is 0 Å². The Balaban J connectivity index is 1.92. The van der Waals surface area contributed by atoms with Crippen LogP contribution < -0.4 is 5.32 Å². The molecule has 1 N–H and O–H groups in total. The van der Waals surface area contributed by atoms with Crippen molar-refractivity contribution in [3.8, 4) is 0 Å². The predicted molar refractivity (Wildman–Crippen MR) is 47.3 cm³/mol. The number of morpholine rings is 1. The molecular weight excluding hydrogens is 154 g/mol. The van der Waals surface area contributed by atoms with Gasteiger partial charge in [0.1, 0.15) is 0 Å². The van der Waals surface area contributed by atoms with Gasteiger partial charge in [0.05, 0.1) is 13.2 Å². The van der Waals surface area contributed by atoms with Crippen molar-refractivity contribution in [1.29, 1.82) is 0 Å². The van der Waals surface area contributed by atoms with Crippen LogP contribution in [0.2, 0.25) is 0 Å². The van der Waals surface area contributed by atoms with E-state index in [1.165, 1.54) is 0 Å². The Morgan fingerprint density at radius 2 is 2.17 bits per heavy atom. The van der Waals surface area contributed by atoms with E-state index in [4.69, 9.17) is 4.74 Å². The molecule has 2 aliphatic rings. The van der Waals surface area contributed by atoms with Crippen LogP contribution in [0.25, 0.3) is 0 Å². The lowest BCUT2D eigenvalue weighted by Crippen LogP contribution is -2.48. The normalized spacial score (nSPS) is 24.7. The highest BCUT2D eigenvalue weighted by Gasteiger charge is 2.15. The first-order chi connectivity index (χ1) is 5.97. The molecular formula is C8H15N3O. The van der Waals surface area contributed by atoms with E-state index in [1.807, 2.05) is 0 Å². The second kappa shape index (κ2) is 3.76. The van der Waals surface area contributed by atoms with Crippen molar-refractivity contribution >= 4 is 5.96 Å². The zero-order chi connectivity index (χ0) is 8.23. The van der Waals surface area contributed by atoms with Crippen molar-refractivity contribution in [3.63, 3.8) is 0 Å². The van der Waals surface area contributed by atoms with E-state index in [1.54, 1.807) is 0 Å². The van der Waals surface area contributed by atoms with Gasteiger partial charge in [0.25, 0.3) is 0 Å². The first-order valence-electron chi connectivity index (χ1n) is 4.58. The van der Waals surface area contributed by atoms with Crippen LogP contribution in [0.5, 0.6) is 0 Å². The van der Waals surface area contributed by atoms with Gasteiger partial charge >= 0.3 is 0 Å². The summed E-state index contributed by atoms with van der Waals surface area (Å²) in [5, 5.41) is 3.31. The van der Waals surface area contributed by atoms with Crippen LogP contribution in [-0.4, -0.2) is 50.3 Å². The smallest absolute Gasteiger partial charge is 0.194 e. The van der Waals surface area contributed by atoms with Gasteiger partial charge in [-0.2, -0.15) is 0 Å². The number of ether oxygens (including phenoxy) is 1. The lowest BCUT2D eigenvalue weighted by atomic mass is 10.3. The van der Waals surface area contributed by atoms with Crippen molar-refractivity contribution < 1.29 is 4.74 Å². The zero-order valence-corrected chi connectivity index (χ0v) is 7.25. The lowest BCUT2D eigenvalue weighted by Gasteiger charge is -2.31. The number of nitrogens with zero attached hydrogens (tertiary/aromatic N) is 2. The largest absolute Gasteiger partial charge is 0.378 e. The average Bonchev–Trinajstić information content (AvgIpc) is 2.21. The molecule has 0 amide bonds. The third kappa shape index (κ3) is 1.69. The molecule has 0 aromatic heterocycles. The maximum absolute atomic E-state index is 5.27. The van der Waals surface area contributed by atoms with Crippen molar-refractivity contribution in [1.82, 2.24) is 10.2 Å². The maximum atomic E-state index is 5.27. The van der Waals surface area contributed by atoms with Crippen LogP contribution in [0.15, 0.2) is 4.99 Å². The van der Waals surface area contributed by atoms with Crippen LogP contribution in [0.4, 0.5) is 0 Å². The Kier molecular flexibility index (Phi) is 2.46. The molecule has 0 atom stereocenters. The van der Waals surface area contributed by atoms with E-state index in [9.17, 15) is 0 Å². The molecule has 0 aliphatic carbocycles. The van der Waals surface area contributed by atoms with Gasteiger partial charge in [-0.1, -0.05) is 0 Å². The monoisotopic (exact) mass is 169 g/mol. The molecule has 0 aromatic rings. The first kappa shape index (κ1) is 7.86. The van der Waals surface area contributed by atoms with E-state index in [-0.39, 0.29) is 0 Å². The highest BCUT2D eigenvalue weighted by Crippen LogP contribution is 2.00. The summed E-state index contributed by atoms with van der Waals surface area (Å²) in [7, 11) is 0. The van der Waals surface area contributed by atoms with Gasteiger partial charge < -0.3 is 15.0 Å². The minimum absolute atomic E-state index is 0.834. The Hall–Kier alpha value is -0.770. The van der Waals surface area contributed by atoms with E-state index in [2.05, 4.69) is 15.2 Å². The van der Waals surface area contributed by atoms with E-state index >= 15 is 0 Å². The molecule has 0 saturated carbocycles. The molecule has 0 aromatic carbocycles. The molecule has 4 heteroatoms. The van der Waals surface area contributed by atoms with Crippen molar-refractivity contribution in [2.75, 3.05) is 39.4 Å². The fraction of sp³-hybridized carbons (Fsp3) is 0.875. The van der Waals surface area contributed by atoms with Gasteiger partial charge in [-0.3, -0.25) is 4.99 Å². The lowest BCUT2D eigenvalue weighted by molar-refractivity contribution is 0.0662. The summed E-state index contributed by atoms with van der Waals surface area (Å²) in [6.07, 6.45) is 1.16. The van der Waals surface area contributed by atoms with Crippen molar-refractivity contribution in [3.05, 3.63) is 0 Å². The Morgan fingerprint density at radius 3 is 2.83 bits per heavy atom. The summed E-state index contributed by atoms with van der Waals surface area (Å²) < 4.78 is 5.27. The number of aliphatic imine (C=N–C) groups is 1. The van der Waals surface area contributed by atoms with Crippen LogP contribution in [0.1, 0.15) is 6.42 Å². The fourth-order valence-corrected chi connectivity index (χ4v) is 1.51. The van der Waals surface area contributed by atoms with Crippen molar-refractivity contribution in [2.24, 2.45) is 4.99 Å². The molecule has 2 rings (SSSR count). The van der Waals surface area contributed by atoms with Gasteiger partial charge in [0.2, 0.25) is 0 Å². The molecule has 0 radical (unpaired) electrons. The van der Waals surface area contributed by atoms with Gasteiger partial charge in [-0.05, 0) is 6.42 Å². The van der Waals surface area contributed by atoms with E-state index < -0.39 is 0 Å². The fourth-order valence-electron chi connectivity index (χ4n) is 1.51. The second-order valence-corrected chi connectivity index (χ2v) is 3.09. The summed E-state index contributed by atoms with van der Waals surface area (Å²) in [6, 6.07) is 0. The summed E-state index contributed by atoms with van der Waals surface area (Å²) in [4.78, 5) is 6.70. The SMILES string of the molecule is C1CN=C(N2CCOCC2)NC1. The van der Waals surface area contributed by atoms with E-state index in [0.29, 0.717) is 0 Å². The minimum Gasteiger partial charge on any atom is -0.378 e. The summed E-state index contributed by atoms with van der Waals surface area (Å²) in [6.45, 7) is 5.66. The number of guanidine groups is 1. The van der Waals surface area contributed by atoms with Gasteiger partial charge in [-0.25, -0.2) is 0 Å². The minimum atomic E-state index is 0.834. The van der Waals surface area contributed by atoms with Gasteiger partial charge in [-0.15, -0.1) is 0 Å². The number of rotatable bonds is 0. The molecule has 2 aliphatic heterocycles. The molecule has 4 nitrogen and oxygen atoms in total. The Labute approximate surface area is 72.6 Å². The predicted octanol–water partition coefficient (Wildman–Crippen LogP) is -0.332. The van der Waals surface area contributed by atoms with Gasteiger partial charge in [0, 0.05) is 26.2 Å². The highest BCUT2D eigenvalue weighted by molar-refractivity contribution is 5.80.